The Hall–Kier alpha value is -2.38. The van der Waals surface area contributed by atoms with Crippen LogP contribution in [0.2, 0.25) is 0 Å². The maximum atomic E-state index is 12.4. The average Bonchev–Trinajstić information content (AvgIpc) is 3.35. The molecule has 0 aliphatic carbocycles. The Morgan fingerprint density at radius 1 is 1.07 bits per heavy atom. The maximum Gasteiger partial charge on any atom is 0.211 e. The van der Waals surface area contributed by atoms with Crippen molar-refractivity contribution in [3.8, 4) is 0 Å². The molecule has 2 aliphatic heterocycles. The van der Waals surface area contributed by atoms with Crippen LogP contribution in [0.4, 0.5) is 5.82 Å². The second-order valence-corrected chi connectivity index (χ2v) is 9.42. The summed E-state index contributed by atoms with van der Waals surface area (Å²) in [6, 6.07) is 13.7. The lowest BCUT2D eigenvalue weighted by atomic mass is 9.90. The number of benzene rings is 1. The summed E-state index contributed by atoms with van der Waals surface area (Å²) < 4.78 is 32.0. The molecule has 0 N–H and O–H groups in total. The van der Waals surface area contributed by atoms with Gasteiger partial charge in [0.25, 0.3) is 0 Å². The normalized spacial score (nSPS) is 26.0. The fraction of sp³-hybridized carbons (Fsp3) is 0.350. The van der Waals surface area contributed by atoms with Gasteiger partial charge in [0, 0.05) is 31.7 Å². The summed E-state index contributed by atoms with van der Waals surface area (Å²) in [5.74, 6) is 1.45. The average molecular weight is 383 g/mol. The van der Waals surface area contributed by atoms with Crippen LogP contribution in [0.15, 0.2) is 59.3 Å². The van der Waals surface area contributed by atoms with Gasteiger partial charge < -0.3 is 9.32 Å². The molecule has 0 radical (unpaired) electrons. The van der Waals surface area contributed by atoms with E-state index in [1.807, 2.05) is 42.5 Å². The van der Waals surface area contributed by atoms with Gasteiger partial charge in [0.05, 0.1) is 23.9 Å². The predicted molar refractivity (Wildman–Crippen MR) is 104 cm³/mol. The highest BCUT2D eigenvalue weighted by atomic mass is 32.2. The van der Waals surface area contributed by atoms with E-state index < -0.39 is 10.0 Å². The minimum absolute atomic E-state index is 0.125. The fourth-order valence-electron chi connectivity index (χ4n) is 4.72. The van der Waals surface area contributed by atoms with E-state index in [-0.39, 0.29) is 17.9 Å². The molecule has 4 heterocycles. The summed E-state index contributed by atoms with van der Waals surface area (Å²) in [6.45, 7) is 2.14. The Morgan fingerprint density at radius 2 is 1.89 bits per heavy atom. The number of nitrogens with zero attached hydrogens (tertiary/aromatic N) is 3. The Balaban J connectivity index is 1.52. The molecular weight excluding hydrogens is 362 g/mol. The number of aromatic nitrogens is 1. The maximum absolute atomic E-state index is 12.4. The van der Waals surface area contributed by atoms with E-state index in [9.17, 15) is 8.42 Å². The molecule has 2 aliphatic rings. The molecule has 2 aromatic heterocycles. The number of fused-ring (bicyclic) bond motifs is 2. The van der Waals surface area contributed by atoms with Crippen LogP contribution in [-0.4, -0.2) is 43.6 Å². The zero-order valence-corrected chi connectivity index (χ0v) is 15.8. The molecule has 0 bridgehead atoms. The van der Waals surface area contributed by atoms with Gasteiger partial charge >= 0.3 is 0 Å². The molecule has 0 unspecified atom stereocenters. The van der Waals surface area contributed by atoms with Gasteiger partial charge in [-0.1, -0.05) is 30.3 Å². The highest BCUT2D eigenvalue weighted by Crippen LogP contribution is 2.47. The van der Waals surface area contributed by atoms with Crippen LogP contribution in [-0.2, 0) is 10.0 Å². The molecule has 6 nitrogen and oxygen atoms in total. The number of hydrogen-bond acceptors (Lipinski definition) is 5. The highest BCUT2D eigenvalue weighted by Gasteiger charge is 2.50. The lowest BCUT2D eigenvalue weighted by molar-refractivity contribution is 0.352. The van der Waals surface area contributed by atoms with E-state index in [4.69, 9.17) is 4.42 Å². The predicted octanol–water partition coefficient (Wildman–Crippen LogP) is 2.90. The number of sulfonamides is 1. The molecule has 2 saturated heterocycles. The van der Waals surface area contributed by atoms with E-state index >= 15 is 0 Å². The molecule has 0 saturated carbocycles. The summed E-state index contributed by atoms with van der Waals surface area (Å²) in [5, 5.41) is 1.01. The van der Waals surface area contributed by atoms with Gasteiger partial charge in [-0.05, 0) is 23.6 Å². The highest BCUT2D eigenvalue weighted by molar-refractivity contribution is 7.88. The van der Waals surface area contributed by atoms with Crippen LogP contribution in [0.5, 0.6) is 0 Å². The van der Waals surface area contributed by atoms with E-state index in [0.29, 0.717) is 6.54 Å². The van der Waals surface area contributed by atoms with Crippen molar-refractivity contribution >= 4 is 26.8 Å². The Bertz CT molecular complexity index is 1080. The lowest BCUT2D eigenvalue weighted by Crippen LogP contribution is -2.35. The van der Waals surface area contributed by atoms with Crippen LogP contribution >= 0.6 is 0 Å². The zero-order chi connectivity index (χ0) is 18.6. The second kappa shape index (κ2) is 6.07. The third kappa shape index (κ3) is 2.73. The Labute approximate surface area is 158 Å². The van der Waals surface area contributed by atoms with E-state index in [2.05, 4.69) is 9.88 Å². The summed E-state index contributed by atoms with van der Waals surface area (Å²) in [7, 11) is -3.27. The van der Waals surface area contributed by atoms with E-state index in [1.54, 1.807) is 16.8 Å². The van der Waals surface area contributed by atoms with Crippen molar-refractivity contribution in [2.45, 2.75) is 6.04 Å². The number of hydrogen-bond donors (Lipinski definition) is 0. The van der Waals surface area contributed by atoms with Gasteiger partial charge in [-0.2, -0.15) is 4.31 Å². The van der Waals surface area contributed by atoms with Gasteiger partial charge in [0.2, 0.25) is 10.0 Å². The molecule has 140 valence electrons. The fourth-order valence-corrected chi connectivity index (χ4v) is 5.87. The standard InChI is InChI=1S/C20H21N3O3S/c1-27(24,25)23-12-15-11-22(20-16-8-10-26-18(16)7-9-21-20)13-17(15)19(23)14-5-3-2-4-6-14/h2-10,15,17,19H,11-13H2,1H3/t15-,17-,19+/m1/s1. The van der Waals surface area contributed by atoms with Crippen molar-refractivity contribution in [1.82, 2.24) is 9.29 Å². The van der Waals surface area contributed by atoms with Gasteiger partial charge in [0.1, 0.15) is 11.4 Å². The van der Waals surface area contributed by atoms with Crippen molar-refractivity contribution in [2.24, 2.45) is 11.8 Å². The van der Waals surface area contributed by atoms with Crippen molar-refractivity contribution in [3.63, 3.8) is 0 Å². The van der Waals surface area contributed by atoms with Crippen LogP contribution in [0.3, 0.4) is 0 Å². The molecule has 0 amide bonds. The SMILES string of the molecule is CS(=O)(=O)N1C[C@H]2CN(c3nccc4occc34)C[C@H]2[C@@H]1c1ccccc1. The molecule has 3 aromatic rings. The molecule has 0 spiro atoms. The van der Waals surface area contributed by atoms with Gasteiger partial charge in [-0.3, -0.25) is 0 Å². The summed E-state index contributed by atoms with van der Waals surface area (Å²) in [6.07, 6.45) is 4.77. The third-order valence-corrected chi connectivity index (χ3v) is 7.08. The first-order chi connectivity index (χ1) is 13.0. The minimum atomic E-state index is -3.27. The molecular formula is C20H21N3O3S. The van der Waals surface area contributed by atoms with Crippen molar-refractivity contribution in [1.29, 1.82) is 0 Å². The van der Waals surface area contributed by atoms with Crippen molar-refractivity contribution in [2.75, 3.05) is 30.8 Å². The topological polar surface area (TPSA) is 66.7 Å². The van der Waals surface area contributed by atoms with Crippen LogP contribution < -0.4 is 4.90 Å². The smallest absolute Gasteiger partial charge is 0.211 e. The number of pyridine rings is 1. The van der Waals surface area contributed by atoms with Crippen LogP contribution in [0.25, 0.3) is 11.0 Å². The third-order valence-electron chi connectivity index (χ3n) is 5.85. The number of furan rings is 1. The van der Waals surface area contributed by atoms with Gasteiger partial charge in [-0.15, -0.1) is 0 Å². The minimum Gasteiger partial charge on any atom is -0.464 e. The molecule has 2 fully saturated rings. The molecule has 5 rings (SSSR count). The first-order valence-corrected chi connectivity index (χ1v) is 11.0. The lowest BCUT2D eigenvalue weighted by Gasteiger charge is -2.28. The first-order valence-electron chi connectivity index (χ1n) is 9.11. The summed E-state index contributed by atoms with van der Waals surface area (Å²) in [5.41, 5.74) is 1.89. The van der Waals surface area contributed by atoms with Gasteiger partial charge in [-0.25, -0.2) is 13.4 Å². The number of rotatable bonds is 3. The quantitative estimate of drug-likeness (QED) is 0.696. The van der Waals surface area contributed by atoms with Gasteiger partial charge in [0.15, 0.2) is 0 Å². The molecule has 7 heteroatoms. The Morgan fingerprint density at radius 3 is 2.67 bits per heavy atom. The first kappa shape index (κ1) is 16.8. The zero-order valence-electron chi connectivity index (χ0n) is 15.0. The molecule has 1 aromatic carbocycles. The Kier molecular flexibility index (Phi) is 3.77. The summed E-state index contributed by atoms with van der Waals surface area (Å²) in [4.78, 5) is 6.87. The second-order valence-electron chi connectivity index (χ2n) is 7.48. The van der Waals surface area contributed by atoms with Crippen molar-refractivity contribution in [3.05, 3.63) is 60.5 Å². The van der Waals surface area contributed by atoms with Crippen LogP contribution in [0, 0.1) is 11.8 Å². The van der Waals surface area contributed by atoms with E-state index in [1.165, 1.54) is 6.26 Å². The molecule has 3 atom stereocenters. The summed E-state index contributed by atoms with van der Waals surface area (Å²) >= 11 is 0. The van der Waals surface area contributed by atoms with E-state index in [0.717, 1.165) is 35.4 Å². The van der Waals surface area contributed by atoms with Crippen molar-refractivity contribution < 1.29 is 12.8 Å². The molecule has 27 heavy (non-hydrogen) atoms. The monoisotopic (exact) mass is 383 g/mol. The number of anilines is 1. The van der Waals surface area contributed by atoms with Crippen LogP contribution in [0.1, 0.15) is 11.6 Å². The largest absolute Gasteiger partial charge is 0.464 e.